The maximum Gasteiger partial charge on any atom is 0.265 e. The minimum atomic E-state index is 0.0195. The standard InChI is InChI=1S/C18H20N2O/c1-2-3-4-5-9-14-10-8-11-15-17(14)19-16-12-6-7-13-20(16)18(15)21/h6-8,10-13H,2-5,9H2,1H3. The number of benzene rings is 1. The number of hydrogen-bond donors (Lipinski definition) is 0. The first-order valence-electron chi connectivity index (χ1n) is 7.70. The van der Waals surface area contributed by atoms with Crippen LogP contribution in [0.2, 0.25) is 0 Å². The smallest absolute Gasteiger partial charge is 0.265 e. The van der Waals surface area contributed by atoms with Crippen LogP contribution in [0.5, 0.6) is 0 Å². The Bertz CT molecular complexity index is 820. The van der Waals surface area contributed by atoms with E-state index in [0.29, 0.717) is 5.39 Å². The molecule has 1 aromatic carbocycles. The second-order valence-electron chi connectivity index (χ2n) is 5.47. The number of nitrogens with zero attached hydrogens (tertiary/aromatic N) is 2. The first kappa shape index (κ1) is 13.8. The lowest BCUT2D eigenvalue weighted by Crippen LogP contribution is -2.15. The lowest BCUT2D eigenvalue weighted by molar-refractivity contribution is 0.668. The van der Waals surface area contributed by atoms with Gasteiger partial charge in [-0.25, -0.2) is 4.98 Å². The summed E-state index contributed by atoms with van der Waals surface area (Å²) in [4.78, 5) is 17.2. The molecule has 0 amide bonds. The molecular formula is C18H20N2O. The van der Waals surface area contributed by atoms with Crippen LogP contribution in [0.1, 0.15) is 38.2 Å². The van der Waals surface area contributed by atoms with E-state index in [0.717, 1.165) is 24.0 Å². The summed E-state index contributed by atoms with van der Waals surface area (Å²) in [6.45, 7) is 2.21. The van der Waals surface area contributed by atoms with Gasteiger partial charge < -0.3 is 0 Å². The Morgan fingerprint density at radius 3 is 2.81 bits per heavy atom. The maximum absolute atomic E-state index is 12.5. The van der Waals surface area contributed by atoms with E-state index < -0.39 is 0 Å². The van der Waals surface area contributed by atoms with E-state index >= 15 is 0 Å². The highest BCUT2D eigenvalue weighted by atomic mass is 16.1. The van der Waals surface area contributed by atoms with E-state index in [-0.39, 0.29) is 5.56 Å². The van der Waals surface area contributed by atoms with Crippen molar-refractivity contribution in [3.05, 3.63) is 58.5 Å². The van der Waals surface area contributed by atoms with Gasteiger partial charge in [-0.3, -0.25) is 9.20 Å². The molecule has 2 aromatic heterocycles. The van der Waals surface area contributed by atoms with Crippen molar-refractivity contribution < 1.29 is 0 Å². The molecule has 2 heterocycles. The number of fused-ring (bicyclic) bond motifs is 2. The van der Waals surface area contributed by atoms with Crippen LogP contribution in [-0.4, -0.2) is 9.38 Å². The summed E-state index contributed by atoms with van der Waals surface area (Å²) in [5.74, 6) is 0. The van der Waals surface area contributed by atoms with Crippen molar-refractivity contribution in [1.29, 1.82) is 0 Å². The van der Waals surface area contributed by atoms with E-state index in [1.54, 1.807) is 10.6 Å². The second-order valence-corrected chi connectivity index (χ2v) is 5.47. The summed E-state index contributed by atoms with van der Waals surface area (Å²) in [5, 5.41) is 0.715. The average molecular weight is 280 g/mol. The highest BCUT2D eigenvalue weighted by Crippen LogP contribution is 2.17. The van der Waals surface area contributed by atoms with Crippen LogP contribution in [0.3, 0.4) is 0 Å². The lowest BCUT2D eigenvalue weighted by Gasteiger charge is -2.07. The highest BCUT2D eigenvalue weighted by molar-refractivity contribution is 5.82. The molecule has 0 fully saturated rings. The van der Waals surface area contributed by atoms with E-state index in [1.807, 2.05) is 30.3 Å². The van der Waals surface area contributed by atoms with Crippen LogP contribution in [0.15, 0.2) is 47.4 Å². The van der Waals surface area contributed by atoms with Crippen LogP contribution in [-0.2, 0) is 6.42 Å². The number of hydrogen-bond acceptors (Lipinski definition) is 2. The van der Waals surface area contributed by atoms with Gasteiger partial charge >= 0.3 is 0 Å². The molecule has 0 aliphatic heterocycles. The molecule has 0 saturated carbocycles. The predicted molar refractivity (Wildman–Crippen MR) is 86.8 cm³/mol. The van der Waals surface area contributed by atoms with Gasteiger partial charge in [-0.05, 0) is 36.6 Å². The fourth-order valence-electron chi connectivity index (χ4n) is 2.78. The van der Waals surface area contributed by atoms with Crippen molar-refractivity contribution in [1.82, 2.24) is 9.38 Å². The lowest BCUT2D eigenvalue weighted by atomic mass is 10.0. The zero-order valence-corrected chi connectivity index (χ0v) is 12.4. The van der Waals surface area contributed by atoms with Gasteiger partial charge in [0.25, 0.3) is 5.56 Å². The second kappa shape index (κ2) is 6.08. The Labute approximate surface area is 124 Å². The number of pyridine rings is 1. The summed E-state index contributed by atoms with van der Waals surface area (Å²) in [7, 11) is 0. The molecule has 21 heavy (non-hydrogen) atoms. The van der Waals surface area contributed by atoms with Gasteiger partial charge in [0.15, 0.2) is 0 Å². The van der Waals surface area contributed by atoms with Crippen molar-refractivity contribution in [2.45, 2.75) is 39.0 Å². The Morgan fingerprint density at radius 1 is 1.05 bits per heavy atom. The molecule has 0 unspecified atom stereocenters. The van der Waals surface area contributed by atoms with E-state index in [9.17, 15) is 4.79 Å². The molecule has 0 radical (unpaired) electrons. The first-order valence-corrected chi connectivity index (χ1v) is 7.70. The van der Waals surface area contributed by atoms with Crippen molar-refractivity contribution in [3.63, 3.8) is 0 Å². The topological polar surface area (TPSA) is 34.4 Å². The molecule has 0 aliphatic carbocycles. The molecule has 3 rings (SSSR count). The van der Waals surface area contributed by atoms with Gasteiger partial charge in [0.1, 0.15) is 5.65 Å². The maximum atomic E-state index is 12.5. The van der Waals surface area contributed by atoms with Crippen LogP contribution in [0.4, 0.5) is 0 Å². The molecule has 0 bridgehead atoms. The third kappa shape index (κ3) is 2.68. The van der Waals surface area contributed by atoms with Crippen LogP contribution < -0.4 is 5.56 Å². The highest BCUT2D eigenvalue weighted by Gasteiger charge is 2.08. The summed E-state index contributed by atoms with van der Waals surface area (Å²) < 4.78 is 1.61. The number of aryl methyl sites for hydroxylation is 1. The Kier molecular flexibility index (Phi) is 4.00. The Balaban J connectivity index is 2.08. The minimum Gasteiger partial charge on any atom is -0.268 e. The molecule has 3 aromatic rings. The van der Waals surface area contributed by atoms with E-state index in [2.05, 4.69) is 13.0 Å². The third-order valence-corrected chi connectivity index (χ3v) is 3.93. The summed E-state index contributed by atoms with van der Waals surface area (Å²) in [6.07, 6.45) is 7.66. The molecular weight excluding hydrogens is 260 g/mol. The van der Waals surface area contributed by atoms with Gasteiger partial charge in [0.2, 0.25) is 0 Å². The quantitative estimate of drug-likeness (QED) is 0.523. The molecule has 0 saturated heterocycles. The summed E-state index contributed by atoms with van der Waals surface area (Å²) in [6, 6.07) is 11.6. The average Bonchev–Trinajstić information content (AvgIpc) is 2.52. The van der Waals surface area contributed by atoms with Gasteiger partial charge in [-0.2, -0.15) is 0 Å². The van der Waals surface area contributed by atoms with Crippen molar-refractivity contribution in [2.24, 2.45) is 0 Å². The zero-order chi connectivity index (χ0) is 14.7. The summed E-state index contributed by atoms with van der Waals surface area (Å²) in [5.41, 5.74) is 2.79. The number of unbranched alkanes of at least 4 members (excludes halogenated alkanes) is 3. The normalized spacial score (nSPS) is 11.3. The fourth-order valence-corrected chi connectivity index (χ4v) is 2.78. The predicted octanol–water partition coefficient (Wildman–Crippen LogP) is 3.97. The van der Waals surface area contributed by atoms with Crippen LogP contribution >= 0.6 is 0 Å². The Hall–Kier alpha value is -2.16. The van der Waals surface area contributed by atoms with Gasteiger partial charge in [-0.1, -0.05) is 44.4 Å². The summed E-state index contributed by atoms with van der Waals surface area (Å²) >= 11 is 0. The molecule has 108 valence electrons. The minimum absolute atomic E-state index is 0.0195. The molecule has 3 heteroatoms. The fraction of sp³-hybridized carbons (Fsp3) is 0.333. The first-order chi connectivity index (χ1) is 10.3. The molecule has 3 nitrogen and oxygen atoms in total. The van der Waals surface area contributed by atoms with E-state index in [1.165, 1.54) is 24.8 Å². The SMILES string of the molecule is CCCCCCc1cccc2c(=O)n3ccccc3nc12. The van der Waals surface area contributed by atoms with Crippen molar-refractivity contribution in [3.8, 4) is 0 Å². The molecule has 0 aliphatic rings. The van der Waals surface area contributed by atoms with Gasteiger partial charge in [0.05, 0.1) is 10.9 Å². The van der Waals surface area contributed by atoms with Gasteiger partial charge in [0, 0.05) is 6.20 Å². The Morgan fingerprint density at radius 2 is 1.95 bits per heavy atom. The largest absolute Gasteiger partial charge is 0.268 e. The third-order valence-electron chi connectivity index (χ3n) is 3.93. The number of para-hydroxylation sites is 1. The molecule has 0 atom stereocenters. The molecule has 0 spiro atoms. The van der Waals surface area contributed by atoms with Crippen molar-refractivity contribution in [2.75, 3.05) is 0 Å². The number of rotatable bonds is 5. The number of aromatic nitrogens is 2. The monoisotopic (exact) mass is 280 g/mol. The van der Waals surface area contributed by atoms with Crippen LogP contribution in [0, 0.1) is 0 Å². The van der Waals surface area contributed by atoms with E-state index in [4.69, 9.17) is 4.98 Å². The zero-order valence-electron chi connectivity index (χ0n) is 12.4. The van der Waals surface area contributed by atoms with Crippen LogP contribution in [0.25, 0.3) is 16.6 Å². The van der Waals surface area contributed by atoms with Gasteiger partial charge in [-0.15, -0.1) is 0 Å². The molecule has 0 N–H and O–H groups in total. The van der Waals surface area contributed by atoms with Crippen molar-refractivity contribution >= 4 is 16.6 Å².